The maximum absolute atomic E-state index is 13.3. The third-order valence-corrected chi connectivity index (χ3v) is 6.28. The molecule has 1 heterocycles. The number of nitrogens with zero attached hydrogens (tertiary/aromatic N) is 1. The molecule has 2 amide bonds. The summed E-state index contributed by atoms with van der Waals surface area (Å²) in [5.74, 6) is 0.909. The van der Waals surface area contributed by atoms with Crippen molar-refractivity contribution in [3.8, 4) is 11.5 Å². The second kappa shape index (κ2) is 9.36. The van der Waals surface area contributed by atoms with Crippen molar-refractivity contribution in [3.63, 3.8) is 0 Å². The minimum absolute atomic E-state index is 0.0788. The molecule has 0 fully saturated rings. The number of carbonyl (C=O) groups is 2. The summed E-state index contributed by atoms with van der Waals surface area (Å²) in [6, 6.07) is 18.5. The summed E-state index contributed by atoms with van der Waals surface area (Å²) in [5, 5.41) is 3.03. The Bertz CT molecular complexity index is 1200. The molecule has 0 aromatic heterocycles. The Kier molecular flexibility index (Phi) is 6.36. The average Bonchev–Trinajstić information content (AvgIpc) is 3.16. The van der Waals surface area contributed by atoms with Crippen molar-refractivity contribution in [2.24, 2.45) is 0 Å². The van der Waals surface area contributed by atoms with Crippen molar-refractivity contribution in [2.45, 2.75) is 32.9 Å². The Morgan fingerprint density at radius 3 is 2.48 bits per heavy atom. The average molecular weight is 445 g/mol. The van der Waals surface area contributed by atoms with Crippen LogP contribution in [0, 0.1) is 13.8 Å². The highest BCUT2D eigenvalue weighted by Crippen LogP contribution is 2.37. The summed E-state index contributed by atoms with van der Waals surface area (Å²) in [5.41, 5.74) is 5.36. The lowest BCUT2D eigenvalue weighted by atomic mass is 10.0. The van der Waals surface area contributed by atoms with Crippen LogP contribution in [0.3, 0.4) is 0 Å². The number of rotatable bonds is 7. The number of ether oxygens (including phenoxy) is 2. The molecule has 3 aromatic carbocycles. The van der Waals surface area contributed by atoms with Crippen molar-refractivity contribution in [2.75, 3.05) is 19.5 Å². The van der Waals surface area contributed by atoms with E-state index in [1.54, 1.807) is 25.2 Å². The number of fused-ring (bicyclic) bond motifs is 1. The summed E-state index contributed by atoms with van der Waals surface area (Å²) < 4.78 is 10.8. The first-order valence-corrected chi connectivity index (χ1v) is 10.9. The van der Waals surface area contributed by atoms with E-state index in [0.29, 0.717) is 23.6 Å². The van der Waals surface area contributed by atoms with E-state index in [0.717, 1.165) is 27.9 Å². The molecule has 0 radical (unpaired) electrons. The molecule has 0 saturated carbocycles. The standard InChI is InChI=1S/C27H28N2O4/c1-17-8-7-11-22(18(17)2)28-26(30)15-23(19-12-13-24(32-3)25(14-19)33-4)29-16-20-9-5-6-10-21(20)27(29)31/h5-14,23H,15-16H2,1-4H3,(H,28,30). The maximum Gasteiger partial charge on any atom is 0.255 e. The highest BCUT2D eigenvalue weighted by atomic mass is 16.5. The van der Waals surface area contributed by atoms with Gasteiger partial charge in [0.1, 0.15) is 0 Å². The zero-order valence-electron chi connectivity index (χ0n) is 19.3. The SMILES string of the molecule is COc1ccc(C(CC(=O)Nc2cccc(C)c2C)N2Cc3ccccc3C2=O)cc1OC. The molecule has 1 N–H and O–H groups in total. The molecule has 0 saturated heterocycles. The van der Waals surface area contributed by atoms with Crippen LogP contribution >= 0.6 is 0 Å². The Morgan fingerprint density at radius 2 is 1.76 bits per heavy atom. The summed E-state index contributed by atoms with van der Waals surface area (Å²) in [7, 11) is 3.15. The lowest BCUT2D eigenvalue weighted by Crippen LogP contribution is -2.32. The maximum atomic E-state index is 13.3. The molecule has 3 aromatic rings. The highest BCUT2D eigenvalue weighted by molar-refractivity contribution is 5.99. The monoisotopic (exact) mass is 444 g/mol. The molecular formula is C27H28N2O4. The van der Waals surface area contributed by atoms with Crippen LogP contribution in [0.25, 0.3) is 0 Å². The van der Waals surface area contributed by atoms with Gasteiger partial charge in [0.15, 0.2) is 11.5 Å². The molecular weight excluding hydrogens is 416 g/mol. The number of hydrogen-bond donors (Lipinski definition) is 1. The van der Waals surface area contributed by atoms with E-state index in [2.05, 4.69) is 5.32 Å². The molecule has 6 heteroatoms. The molecule has 0 aliphatic carbocycles. The number of carbonyl (C=O) groups excluding carboxylic acids is 2. The van der Waals surface area contributed by atoms with Gasteiger partial charge in [-0.1, -0.05) is 36.4 Å². The first-order chi connectivity index (χ1) is 15.9. The molecule has 4 rings (SSSR count). The van der Waals surface area contributed by atoms with Crippen LogP contribution < -0.4 is 14.8 Å². The number of aryl methyl sites for hydroxylation is 1. The van der Waals surface area contributed by atoms with Crippen LogP contribution in [0.2, 0.25) is 0 Å². The Hall–Kier alpha value is -3.80. The number of methoxy groups -OCH3 is 2. The minimum atomic E-state index is -0.463. The number of benzene rings is 3. The molecule has 6 nitrogen and oxygen atoms in total. The van der Waals surface area contributed by atoms with Crippen molar-refractivity contribution < 1.29 is 19.1 Å². The van der Waals surface area contributed by atoms with Gasteiger partial charge in [0.2, 0.25) is 5.91 Å². The number of anilines is 1. The van der Waals surface area contributed by atoms with E-state index in [1.165, 1.54) is 0 Å². The van der Waals surface area contributed by atoms with Crippen LogP contribution in [0.1, 0.15) is 45.1 Å². The largest absolute Gasteiger partial charge is 0.493 e. The third-order valence-electron chi connectivity index (χ3n) is 6.28. The molecule has 1 aliphatic heterocycles. The van der Waals surface area contributed by atoms with Crippen LogP contribution in [0.5, 0.6) is 11.5 Å². The van der Waals surface area contributed by atoms with E-state index < -0.39 is 6.04 Å². The van der Waals surface area contributed by atoms with Crippen LogP contribution in [0.4, 0.5) is 5.69 Å². The normalized spacial score (nSPS) is 13.5. The van der Waals surface area contributed by atoms with Gasteiger partial charge in [-0.2, -0.15) is 0 Å². The second-order valence-electron chi connectivity index (χ2n) is 8.22. The molecule has 1 atom stereocenters. The molecule has 1 aliphatic rings. The van der Waals surface area contributed by atoms with Gasteiger partial charge in [-0.05, 0) is 60.4 Å². The van der Waals surface area contributed by atoms with Crippen molar-refractivity contribution in [1.29, 1.82) is 0 Å². The minimum Gasteiger partial charge on any atom is -0.493 e. The van der Waals surface area contributed by atoms with E-state index in [4.69, 9.17) is 9.47 Å². The van der Waals surface area contributed by atoms with Gasteiger partial charge in [-0.3, -0.25) is 9.59 Å². The predicted molar refractivity (Wildman–Crippen MR) is 128 cm³/mol. The predicted octanol–water partition coefficient (Wildman–Crippen LogP) is 5.05. The Labute approximate surface area is 194 Å². The first-order valence-electron chi connectivity index (χ1n) is 10.9. The molecule has 1 unspecified atom stereocenters. The van der Waals surface area contributed by atoms with Gasteiger partial charge < -0.3 is 19.7 Å². The summed E-state index contributed by atoms with van der Waals surface area (Å²) in [6.07, 6.45) is 0.114. The lowest BCUT2D eigenvalue weighted by molar-refractivity contribution is -0.117. The van der Waals surface area contributed by atoms with Crippen LogP contribution in [-0.2, 0) is 11.3 Å². The van der Waals surface area contributed by atoms with Crippen molar-refractivity contribution in [3.05, 3.63) is 88.5 Å². The van der Waals surface area contributed by atoms with E-state index in [9.17, 15) is 9.59 Å². The Balaban J connectivity index is 1.67. The van der Waals surface area contributed by atoms with Gasteiger partial charge in [-0.25, -0.2) is 0 Å². The van der Waals surface area contributed by atoms with Gasteiger partial charge in [0, 0.05) is 17.8 Å². The van der Waals surface area contributed by atoms with E-state index in [-0.39, 0.29) is 18.2 Å². The molecule has 170 valence electrons. The smallest absolute Gasteiger partial charge is 0.255 e. The van der Waals surface area contributed by atoms with Crippen LogP contribution in [-0.4, -0.2) is 30.9 Å². The summed E-state index contributed by atoms with van der Waals surface area (Å²) in [6.45, 7) is 4.44. The van der Waals surface area contributed by atoms with Gasteiger partial charge in [0.25, 0.3) is 5.91 Å². The van der Waals surface area contributed by atoms with Gasteiger partial charge in [-0.15, -0.1) is 0 Å². The van der Waals surface area contributed by atoms with Gasteiger partial charge >= 0.3 is 0 Å². The van der Waals surface area contributed by atoms with Crippen LogP contribution in [0.15, 0.2) is 60.7 Å². The molecule has 0 bridgehead atoms. The zero-order chi connectivity index (χ0) is 23.5. The van der Waals surface area contributed by atoms with Crippen molar-refractivity contribution in [1.82, 2.24) is 4.90 Å². The zero-order valence-corrected chi connectivity index (χ0v) is 19.3. The number of nitrogens with one attached hydrogen (secondary N) is 1. The number of amides is 2. The summed E-state index contributed by atoms with van der Waals surface area (Å²) in [4.78, 5) is 28.2. The van der Waals surface area contributed by atoms with Gasteiger partial charge in [0.05, 0.1) is 26.7 Å². The first kappa shape index (κ1) is 22.4. The van der Waals surface area contributed by atoms with E-state index in [1.807, 2.05) is 68.4 Å². The molecule has 33 heavy (non-hydrogen) atoms. The highest BCUT2D eigenvalue weighted by Gasteiger charge is 2.35. The number of hydrogen-bond acceptors (Lipinski definition) is 4. The Morgan fingerprint density at radius 1 is 1.00 bits per heavy atom. The quantitative estimate of drug-likeness (QED) is 0.554. The fraction of sp³-hybridized carbons (Fsp3) is 0.259. The topological polar surface area (TPSA) is 67.9 Å². The second-order valence-corrected chi connectivity index (χ2v) is 8.22. The van der Waals surface area contributed by atoms with E-state index >= 15 is 0 Å². The van der Waals surface area contributed by atoms with Crippen molar-refractivity contribution >= 4 is 17.5 Å². The fourth-order valence-corrected chi connectivity index (χ4v) is 4.26. The summed E-state index contributed by atoms with van der Waals surface area (Å²) >= 11 is 0. The fourth-order valence-electron chi connectivity index (χ4n) is 4.26. The molecule has 0 spiro atoms. The lowest BCUT2D eigenvalue weighted by Gasteiger charge is -2.28. The third kappa shape index (κ3) is 4.42.